The molecule has 1 aromatic carbocycles. The zero-order valence-electron chi connectivity index (χ0n) is 13.8. The molecule has 2 N–H and O–H groups in total. The number of likely N-dealkylation sites (N-methyl/N-ethyl adjacent to an activating group) is 1. The van der Waals surface area contributed by atoms with E-state index >= 15 is 0 Å². The lowest BCUT2D eigenvalue weighted by Crippen LogP contribution is -2.63. The topological polar surface area (TPSA) is 29.3 Å². The first kappa shape index (κ1) is 15.4. The Kier molecular flexibility index (Phi) is 4.15. The van der Waals surface area contributed by atoms with Crippen LogP contribution in [0.2, 0.25) is 0 Å². The molecule has 2 heteroatoms. The molecule has 1 aromatic rings. The highest BCUT2D eigenvalue weighted by atomic mass is 15.2. The fourth-order valence-electron chi connectivity index (χ4n) is 4.10. The van der Waals surface area contributed by atoms with Gasteiger partial charge in [-0.15, -0.1) is 0 Å². The van der Waals surface area contributed by atoms with E-state index in [0.717, 1.165) is 6.54 Å². The molecule has 0 radical (unpaired) electrons. The molecular formula is C18H30N2. The molecule has 0 aliphatic heterocycles. The summed E-state index contributed by atoms with van der Waals surface area (Å²) in [6.07, 6.45) is 5.07. The molecule has 20 heavy (non-hydrogen) atoms. The van der Waals surface area contributed by atoms with Crippen LogP contribution < -0.4 is 10.6 Å². The molecule has 2 nitrogen and oxygen atoms in total. The van der Waals surface area contributed by atoms with E-state index in [0.29, 0.717) is 0 Å². The van der Waals surface area contributed by atoms with Crippen molar-refractivity contribution in [3.8, 4) is 0 Å². The zero-order valence-corrected chi connectivity index (χ0v) is 13.8. The summed E-state index contributed by atoms with van der Waals surface area (Å²) in [6, 6.07) is 6.73. The second-order valence-corrected chi connectivity index (χ2v) is 7.18. The van der Waals surface area contributed by atoms with E-state index in [2.05, 4.69) is 57.8 Å². The predicted molar refractivity (Wildman–Crippen MR) is 88.4 cm³/mol. The van der Waals surface area contributed by atoms with E-state index in [-0.39, 0.29) is 11.0 Å². The zero-order chi connectivity index (χ0) is 15.0. The molecule has 0 saturated heterocycles. The molecule has 1 atom stereocenters. The van der Waals surface area contributed by atoms with Crippen LogP contribution in [0.15, 0.2) is 18.2 Å². The summed E-state index contributed by atoms with van der Waals surface area (Å²) in [6.45, 7) is 9.86. The number of nitrogens with two attached hydrogens (primary N) is 1. The molecular weight excluding hydrogens is 244 g/mol. The second kappa shape index (κ2) is 5.40. The van der Waals surface area contributed by atoms with Crippen LogP contribution >= 0.6 is 0 Å². The predicted octanol–water partition coefficient (Wildman–Crippen LogP) is 4.04. The van der Waals surface area contributed by atoms with Crippen molar-refractivity contribution >= 4 is 5.69 Å². The summed E-state index contributed by atoms with van der Waals surface area (Å²) < 4.78 is 0. The Labute approximate surface area is 124 Å². The van der Waals surface area contributed by atoms with Crippen LogP contribution in [-0.2, 0) is 0 Å². The van der Waals surface area contributed by atoms with Gasteiger partial charge in [0.25, 0.3) is 0 Å². The van der Waals surface area contributed by atoms with Gasteiger partial charge < -0.3 is 10.6 Å². The summed E-state index contributed by atoms with van der Waals surface area (Å²) in [5.41, 5.74) is 10.6. The highest BCUT2D eigenvalue weighted by Crippen LogP contribution is 2.48. The average molecular weight is 274 g/mol. The molecule has 0 spiro atoms. The van der Waals surface area contributed by atoms with Crippen molar-refractivity contribution in [3.05, 3.63) is 29.3 Å². The molecule has 1 saturated carbocycles. The number of benzene rings is 1. The minimum Gasteiger partial charge on any atom is -0.367 e. The van der Waals surface area contributed by atoms with Crippen molar-refractivity contribution in [1.82, 2.24) is 0 Å². The van der Waals surface area contributed by atoms with Gasteiger partial charge in [-0.05, 0) is 43.7 Å². The maximum Gasteiger partial charge on any atom is 0.0571 e. The Balaban J connectivity index is 2.44. The normalized spacial score (nSPS) is 25.5. The van der Waals surface area contributed by atoms with Gasteiger partial charge in [0.15, 0.2) is 0 Å². The molecule has 0 amide bonds. The van der Waals surface area contributed by atoms with Gasteiger partial charge in [-0.3, -0.25) is 0 Å². The summed E-state index contributed by atoms with van der Waals surface area (Å²) >= 11 is 0. The van der Waals surface area contributed by atoms with Crippen LogP contribution in [0, 0.1) is 19.3 Å². The van der Waals surface area contributed by atoms with E-state index in [1.54, 1.807) is 0 Å². The Hall–Kier alpha value is -1.02. The van der Waals surface area contributed by atoms with Crippen molar-refractivity contribution in [3.63, 3.8) is 0 Å². The lowest BCUT2D eigenvalue weighted by molar-refractivity contribution is 0.101. The van der Waals surface area contributed by atoms with Gasteiger partial charge in [-0.2, -0.15) is 0 Å². The first-order valence-corrected chi connectivity index (χ1v) is 7.85. The van der Waals surface area contributed by atoms with Gasteiger partial charge in [-0.1, -0.05) is 44.4 Å². The third kappa shape index (κ3) is 2.35. The van der Waals surface area contributed by atoms with Gasteiger partial charge in [0.1, 0.15) is 0 Å². The minimum atomic E-state index is 0.0747. The van der Waals surface area contributed by atoms with Crippen LogP contribution in [-0.4, -0.2) is 19.1 Å². The highest BCUT2D eigenvalue weighted by Gasteiger charge is 2.48. The van der Waals surface area contributed by atoms with Gasteiger partial charge in [0, 0.05) is 19.3 Å². The number of aryl methyl sites for hydroxylation is 2. The van der Waals surface area contributed by atoms with Crippen molar-refractivity contribution in [2.75, 3.05) is 18.5 Å². The maximum atomic E-state index is 6.29. The van der Waals surface area contributed by atoms with E-state index < -0.39 is 0 Å². The van der Waals surface area contributed by atoms with E-state index in [1.807, 2.05) is 0 Å². The molecule has 0 bridgehead atoms. The molecule has 0 aromatic heterocycles. The molecule has 1 unspecified atom stereocenters. The fourth-order valence-corrected chi connectivity index (χ4v) is 4.10. The number of hydrogen-bond donors (Lipinski definition) is 1. The summed E-state index contributed by atoms with van der Waals surface area (Å²) in [7, 11) is 2.23. The molecule has 1 aliphatic carbocycles. The quantitative estimate of drug-likeness (QED) is 0.901. The third-order valence-corrected chi connectivity index (χ3v) is 5.60. The van der Waals surface area contributed by atoms with Crippen molar-refractivity contribution < 1.29 is 0 Å². The fraction of sp³-hybridized carbons (Fsp3) is 0.667. The largest absolute Gasteiger partial charge is 0.367 e. The second-order valence-electron chi connectivity index (χ2n) is 7.18. The van der Waals surface area contributed by atoms with Crippen LogP contribution in [0.3, 0.4) is 0 Å². The highest BCUT2D eigenvalue weighted by molar-refractivity contribution is 5.56. The molecule has 1 fully saturated rings. The standard InChI is InChI=1S/C18H30N2/c1-14-8-9-16(15(2)12-14)20(5)18(13-19)11-7-6-10-17(18,3)4/h8-9,12H,6-7,10-11,13,19H2,1-5H3. The van der Waals surface area contributed by atoms with Crippen LogP contribution in [0.25, 0.3) is 0 Å². The van der Waals surface area contributed by atoms with Crippen molar-refractivity contribution in [1.29, 1.82) is 0 Å². The molecule has 1 aliphatic rings. The van der Waals surface area contributed by atoms with Crippen LogP contribution in [0.5, 0.6) is 0 Å². The van der Waals surface area contributed by atoms with E-state index in [9.17, 15) is 0 Å². The van der Waals surface area contributed by atoms with Gasteiger partial charge >= 0.3 is 0 Å². The van der Waals surface area contributed by atoms with Crippen molar-refractivity contribution in [2.24, 2.45) is 11.1 Å². The summed E-state index contributed by atoms with van der Waals surface area (Å²) in [5, 5.41) is 0. The Morgan fingerprint density at radius 1 is 1.15 bits per heavy atom. The summed E-state index contributed by atoms with van der Waals surface area (Å²) in [4.78, 5) is 2.47. The molecule has 2 rings (SSSR count). The van der Waals surface area contributed by atoms with Gasteiger partial charge in [0.05, 0.1) is 5.54 Å². The lowest BCUT2D eigenvalue weighted by Gasteiger charge is -2.56. The van der Waals surface area contributed by atoms with Crippen LogP contribution in [0.1, 0.15) is 50.7 Å². The first-order valence-electron chi connectivity index (χ1n) is 7.85. The number of rotatable bonds is 3. The monoisotopic (exact) mass is 274 g/mol. The SMILES string of the molecule is Cc1ccc(N(C)C2(CN)CCCCC2(C)C)c(C)c1. The number of nitrogens with zero attached hydrogens (tertiary/aromatic N) is 1. The summed E-state index contributed by atoms with van der Waals surface area (Å²) in [5.74, 6) is 0. The van der Waals surface area contributed by atoms with E-state index in [1.165, 1.54) is 42.5 Å². The first-order chi connectivity index (χ1) is 9.34. The van der Waals surface area contributed by atoms with Gasteiger partial charge in [0.2, 0.25) is 0 Å². The van der Waals surface area contributed by atoms with Crippen LogP contribution in [0.4, 0.5) is 5.69 Å². The number of anilines is 1. The average Bonchev–Trinajstić information content (AvgIpc) is 2.38. The van der Waals surface area contributed by atoms with Crippen molar-refractivity contribution in [2.45, 2.75) is 58.9 Å². The smallest absolute Gasteiger partial charge is 0.0571 e. The maximum absolute atomic E-state index is 6.29. The number of hydrogen-bond acceptors (Lipinski definition) is 2. The van der Waals surface area contributed by atoms with E-state index in [4.69, 9.17) is 5.73 Å². The molecule has 112 valence electrons. The third-order valence-electron chi connectivity index (χ3n) is 5.60. The Morgan fingerprint density at radius 2 is 1.80 bits per heavy atom. The Bertz CT molecular complexity index is 478. The Morgan fingerprint density at radius 3 is 2.35 bits per heavy atom. The minimum absolute atomic E-state index is 0.0747. The molecule has 0 heterocycles. The van der Waals surface area contributed by atoms with Gasteiger partial charge in [-0.25, -0.2) is 0 Å². The lowest BCUT2D eigenvalue weighted by atomic mass is 9.62.